The average Bonchev–Trinajstić information content (AvgIpc) is 2.46. The van der Waals surface area contributed by atoms with Crippen LogP contribution in [-0.2, 0) is 11.8 Å². The monoisotopic (exact) mass is 212 g/mol. The molecule has 0 atom stereocenters. The van der Waals surface area contributed by atoms with Crippen molar-refractivity contribution in [3.63, 3.8) is 0 Å². The van der Waals surface area contributed by atoms with Gasteiger partial charge >= 0.3 is 11.9 Å². The van der Waals surface area contributed by atoms with Gasteiger partial charge in [0.2, 0.25) is 0 Å². The van der Waals surface area contributed by atoms with Crippen molar-refractivity contribution in [2.45, 2.75) is 20.0 Å². The molecule has 0 radical (unpaired) electrons. The number of carbonyl (C=O) groups is 2. The second-order valence-corrected chi connectivity index (χ2v) is 3.30. The first-order valence-electron chi connectivity index (χ1n) is 4.40. The van der Waals surface area contributed by atoms with E-state index in [4.69, 9.17) is 9.84 Å². The fraction of sp³-hybridized carbons (Fsp3) is 0.444. The number of hydrogen-bond acceptors (Lipinski definition) is 4. The highest BCUT2D eigenvalue weighted by molar-refractivity contribution is 5.92. The van der Waals surface area contributed by atoms with E-state index in [0.29, 0.717) is 0 Å². The second-order valence-electron chi connectivity index (χ2n) is 3.30. The van der Waals surface area contributed by atoms with Gasteiger partial charge in [0.1, 0.15) is 5.69 Å². The number of carboxylic acid groups (broad SMARTS) is 1. The van der Waals surface area contributed by atoms with Crippen LogP contribution in [0.15, 0.2) is 6.07 Å². The van der Waals surface area contributed by atoms with Crippen LogP contribution >= 0.6 is 0 Å². The first-order chi connectivity index (χ1) is 6.91. The van der Waals surface area contributed by atoms with E-state index in [1.54, 1.807) is 13.8 Å². The lowest BCUT2D eigenvalue weighted by Gasteiger charge is -2.04. The van der Waals surface area contributed by atoms with Crippen LogP contribution < -0.4 is 0 Å². The molecule has 0 saturated carbocycles. The van der Waals surface area contributed by atoms with E-state index in [1.807, 2.05) is 0 Å². The zero-order valence-corrected chi connectivity index (χ0v) is 8.72. The molecule has 0 amide bonds. The van der Waals surface area contributed by atoms with Crippen molar-refractivity contribution in [1.29, 1.82) is 0 Å². The molecule has 6 nitrogen and oxygen atoms in total. The molecule has 0 saturated heterocycles. The highest BCUT2D eigenvalue weighted by Gasteiger charge is 2.18. The molecule has 1 N–H and O–H groups in total. The maximum atomic E-state index is 11.4. The number of rotatable bonds is 3. The van der Waals surface area contributed by atoms with Crippen LogP contribution in [0.4, 0.5) is 0 Å². The number of carbonyl (C=O) groups excluding carboxylic acids is 1. The first-order valence-corrected chi connectivity index (χ1v) is 4.40. The SMILES string of the molecule is CC(C)OC(=O)c1cc(C(=O)O)n(C)n1. The fourth-order valence-electron chi connectivity index (χ4n) is 1.04. The molecule has 1 aromatic rings. The lowest BCUT2D eigenvalue weighted by molar-refractivity contribution is 0.0369. The number of ether oxygens (including phenoxy) is 1. The summed E-state index contributed by atoms with van der Waals surface area (Å²) in [5, 5.41) is 12.5. The Labute approximate surface area is 86.5 Å². The molecule has 15 heavy (non-hydrogen) atoms. The van der Waals surface area contributed by atoms with Crippen LogP contribution in [0.1, 0.15) is 34.8 Å². The zero-order valence-electron chi connectivity index (χ0n) is 8.72. The minimum atomic E-state index is -1.13. The van der Waals surface area contributed by atoms with Crippen LogP contribution in [0.3, 0.4) is 0 Å². The summed E-state index contributed by atoms with van der Waals surface area (Å²) < 4.78 is 6.00. The van der Waals surface area contributed by atoms with Gasteiger partial charge in [-0.15, -0.1) is 0 Å². The Morgan fingerprint density at radius 2 is 2.13 bits per heavy atom. The Bertz CT molecular complexity index is 395. The number of nitrogens with zero attached hydrogens (tertiary/aromatic N) is 2. The third-order valence-corrected chi connectivity index (χ3v) is 1.65. The lowest BCUT2D eigenvalue weighted by Crippen LogP contribution is -2.12. The van der Waals surface area contributed by atoms with Crippen molar-refractivity contribution < 1.29 is 19.4 Å². The summed E-state index contributed by atoms with van der Waals surface area (Å²) in [5.74, 6) is -1.75. The normalized spacial score (nSPS) is 10.4. The molecule has 0 aliphatic heterocycles. The molecular formula is C9H12N2O4. The molecule has 6 heteroatoms. The maximum absolute atomic E-state index is 11.4. The van der Waals surface area contributed by atoms with Gasteiger partial charge in [-0.2, -0.15) is 5.10 Å². The van der Waals surface area contributed by atoms with E-state index in [1.165, 1.54) is 13.1 Å². The molecule has 0 aromatic carbocycles. The van der Waals surface area contributed by atoms with Gasteiger partial charge in [0.05, 0.1) is 6.10 Å². The highest BCUT2D eigenvalue weighted by atomic mass is 16.5. The van der Waals surface area contributed by atoms with Crippen LogP contribution in [-0.4, -0.2) is 32.9 Å². The third-order valence-electron chi connectivity index (χ3n) is 1.65. The molecule has 0 unspecified atom stereocenters. The molecule has 82 valence electrons. The van der Waals surface area contributed by atoms with Crippen LogP contribution in [0.25, 0.3) is 0 Å². The zero-order chi connectivity index (χ0) is 11.6. The molecule has 1 rings (SSSR count). The molecular weight excluding hydrogens is 200 g/mol. The largest absolute Gasteiger partial charge is 0.477 e. The molecule has 0 spiro atoms. The molecule has 0 aliphatic carbocycles. The Hall–Kier alpha value is -1.85. The van der Waals surface area contributed by atoms with Crippen LogP contribution in [0.2, 0.25) is 0 Å². The van der Waals surface area contributed by atoms with E-state index < -0.39 is 11.9 Å². The number of aryl methyl sites for hydroxylation is 1. The van der Waals surface area contributed by atoms with E-state index in [9.17, 15) is 9.59 Å². The van der Waals surface area contributed by atoms with E-state index in [0.717, 1.165) is 4.68 Å². The minimum absolute atomic E-state index is 0.00333. The lowest BCUT2D eigenvalue weighted by atomic mass is 10.3. The molecule has 0 aliphatic rings. The van der Waals surface area contributed by atoms with Crippen molar-refractivity contribution in [3.8, 4) is 0 Å². The number of aromatic nitrogens is 2. The van der Waals surface area contributed by atoms with Gasteiger partial charge in [-0.25, -0.2) is 9.59 Å². The Morgan fingerprint density at radius 3 is 2.53 bits per heavy atom. The summed E-state index contributed by atoms with van der Waals surface area (Å²) in [5.41, 5.74) is -0.0469. The summed E-state index contributed by atoms with van der Waals surface area (Å²) in [6.45, 7) is 3.41. The van der Waals surface area contributed by atoms with E-state index in [2.05, 4.69) is 5.10 Å². The van der Waals surface area contributed by atoms with Crippen LogP contribution in [0.5, 0.6) is 0 Å². The maximum Gasteiger partial charge on any atom is 0.359 e. The Balaban J connectivity index is 2.92. The predicted molar refractivity (Wildman–Crippen MR) is 50.7 cm³/mol. The van der Waals surface area contributed by atoms with E-state index in [-0.39, 0.29) is 17.5 Å². The minimum Gasteiger partial charge on any atom is -0.477 e. The third kappa shape index (κ3) is 2.55. The fourth-order valence-corrected chi connectivity index (χ4v) is 1.04. The second kappa shape index (κ2) is 4.12. The summed E-state index contributed by atoms with van der Waals surface area (Å²) in [7, 11) is 1.45. The molecule has 0 bridgehead atoms. The van der Waals surface area contributed by atoms with Gasteiger partial charge < -0.3 is 9.84 Å². The van der Waals surface area contributed by atoms with Gasteiger partial charge in [-0.3, -0.25) is 4.68 Å². The van der Waals surface area contributed by atoms with Crippen molar-refractivity contribution in [2.75, 3.05) is 0 Å². The van der Waals surface area contributed by atoms with E-state index >= 15 is 0 Å². The smallest absolute Gasteiger partial charge is 0.359 e. The number of esters is 1. The van der Waals surface area contributed by atoms with Crippen molar-refractivity contribution >= 4 is 11.9 Å². The quantitative estimate of drug-likeness (QED) is 0.745. The van der Waals surface area contributed by atoms with Crippen molar-refractivity contribution in [3.05, 3.63) is 17.5 Å². The summed E-state index contributed by atoms with van der Waals surface area (Å²) in [4.78, 5) is 22.0. The van der Waals surface area contributed by atoms with Crippen molar-refractivity contribution in [2.24, 2.45) is 7.05 Å². The molecule has 1 heterocycles. The van der Waals surface area contributed by atoms with Crippen LogP contribution in [0, 0.1) is 0 Å². The summed E-state index contributed by atoms with van der Waals surface area (Å²) in [6, 6.07) is 1.19. The predicted octanol–water partition coefficient (Wildman–Crippen LogP) is 0.683. The first kappa shape index (κ1) is 11.2. The van der Waals surface area contributed by atoms with Crippen molar-refractivity contribution in [1.82, 2.24) is 9.78 Å². The Morgan fingerprint density at radius 1 is 1.53 bits per heavy atom. The standard InChI is InChI=1S/C9H12N2O4/c1-5(2)15-9(14)6-4-7(8(12)13)11(3)10-6/h4-5H,1-3H3,(H,12,13). The number of aromatic carboxylic acids is 1. The summed E-state index contributed by atoms with van der Waals surface area (Å²) >= 11 is 0. The highest BCUT2D eigenvalue weighted by Crippen LogP contribution is 2.06. The van der Waals surface area contributed by atoms with Gasteiger partial charge in [0, 0.05) is 13.1 Å². The Kier molecular flexibility index (Phi) is 3.08. The van der Waals surface area contributed by atoms with Gasteiger partial charge in [0.25, 0.3) is 0 Å². The average molecular weight is 212 g/mol. The topological polar surface area (TPSA) is 81.4 Å². The summed E-state index contributed by atoms with van der Waals surface area (Å²) in [6.07, 6.45) is -0.257. The van der Waals surface area contributed by atoms with Gasteiger partial charge in [0.15, 0.2) is 5.69 Å². The van der Waals surface area contributed by atoms with Gasteiger partial charge in [-0.1, -0.05) is 0 Å². The number of carboxylic acids is 1. The van der Waals surface area contributed by atoms with Gasteiger partial charge in [-0.05, 0) is 13.8 Å². The molecule has 0 fully saturated rings. The molecule has 1 aromatic heterocycles. The number of hydrogen-bond donors (Lipinski definition) is 1.